The number of anilines is 1. The molecule has 0 spiro atoms. The molecule has 0 aromatic heterocycles. The topological polar surface area (TPSA) is 70.6 Å². The van der Waals surface area contributed by atoms with Gasteiger partial charge in [0, 0.05) is 12.2 Å². The molecule has 118 valence electrons. The highest BCUT2D eigenvalue weighted by Gasteiger charge is 2.30. The summed E-state index contributed by atoms with van der Waals surface area (Å²) in [6, 6.07) is 4.29. The van der Waals surface area contributed by atoms with Crippen LogP contribution in [0.25, 0.3) is 0 Å². The summed E-state index contributed by atoms with van der Waals surface area (Å²) in [6.07, 6.45) is -4.18. The molecule has 8 heteroatoms. The zero-order valence-corrected chi connectivity index (χ0v) is 11.4. The molecule has 1 aromatic carbocycles. The fourth-order valence-corrected chi connectivity index (χ4v) is 1.47. The summed E-state index contributed by atoms with van der Waals surface area (Å²) in [5, 5.41) is 14.3. The zero-order valence-electron chi connectivity index (χ0n) is 11.4. The number of urea groups is 1. The van der Waals surface area contributed by atoms with Gasteiger partial charge in [0.2, 0.25) is 0 Å². The highest BCUT2D eigenvalue weighted by molar-refractivity contribution is 5.89. The van der Waals surface area contributed by atoms with Gasteiger partial charge in [-0.1, -0.05) is 6.92 Å². The molecule has 0 fully saturated rings. The van der Waals surface area contributed by atoms with Gasteiger partial charge in [-0.15, -0.1) is 13.2 Å². The van der Waals surface area contributed by atoms with Gasteiger partial charge >= 0.3 is 12.4 Å². The summed E-state index contributed by atoms with van der Waals surface area (Å²) in [5.41, 5.74) is 0.332. The van der Waals surface area contributed by atoms with Crippen molar-refractivity contribution in [2.75, 3.05) is 11.9 Å². The molecule has 21 heavy (non-hydrogen) atoms. The van der Waals surface area contributed by atoms with Crippen LogP contribution in [-0.4, -0.2) is 30.1 Å². The van der Waals surface area contributed by atoms with Crippen LogP contribution in [-0.2, 0) is 0 Å². The van der Waals surface area contributed by atoms with Gasteiger partial charge in [0.1, 0.15) is 5.75 Å². The van der Waals surface area contributed by atoms with Crippen LogP contribution in [0.5, 0.6) is 5.75 Å². The third-order valence-corrected chi connectivity index (χ3v) is 2.58. The van der Waals surface area contributed by atoms with E-state index in [1.165, 1.54) is 12.1 Å². The number of carbonyl (C=O) groups excluding carboxylic acids is 1. The van der Waals surface area contributed by atoms with Crippen molar-refractivity contribution in [3.8, 4) is 5.75 Å². The molecule has 2 amide bonds. The van der Waals surface area contributed by atoms with E-state index in [-0.39, 0.29) is 5.75 Å². The molecule has 0 aliphatic rings. The quantitative estimate of drug-likeness (QED) is 0.757. The minimum absolute atomic E-state index is 0.302. The molecule has 1 unspecified atom stereocenters. The predicted molar refractivity (Wildman–Crippen MR) is 71.1 cm³/mol. The Morgan fingerprint density at radius 3 is 2.48 bits per heavy atom. The highest BCUT2D eigenvalue weighted by atomic mass is 19.4. The van der Waals surface area contributed by atoms with Crippen LogP contribution >= 0.6 is 0 Å². The molecule has 5 nitrogen and oxygen atoms in total. The Morgan fingerprint density at radius 1 is 1.33 bits per heavy atom. The number of ether oxygens (including phenoxy) is 1. The van der Waals surface area contributed by atoms with Crippen molar-refractivity contribution in [3.63, 3.8) is 0 Å². The van der Waals surface area contributed by atoms with Gasteiger partial charge in [-0.25, -0.2) is 4.79 Å². The largest absolute Gasteiger partial charge is 0.573 e. The second-order valence-electron chi connectivity index (χ2n) is 4.30. The first kappa shape index (κ1) is 17.1. The Kier molecular flexibility index (Phi) is 6.29. The van der Waals surface area contributed by atoms with Crippen LogP contribution in [0.2, 0.25) is 0 Å². The first-order chi connectivity index (χ1) is 9.80. The van der Waals surface area contributed by atoms with Crippen LogP contribution in [0.4, 0.5) is 23.7 Å². The van der Waals surface area contributed by atoms with Crippen molar-refractivity contribution in [2.45, 2.75) is 32.2 Å². The number of nitrogens with one attached hydrogen (secondary N) is 2. The first-order valence-electron chi connectivity index (χ1n) is 6.39. The summed E-state index contributed by atoms with van der Waals surface area (Å²) >= 11 is 0. The third kappa shape index (κ3) is 7.40. The van der Waals surface area contributed by atoms with Gasteiger partial charge in [-0.2, -0.15) is 0 Å². The van der Waals surface area contributed by atoms with E-state index in [0.29, 0.717) is 25.1 Å². The normalized spacial score (nSPS) is 12.6. The number of alkyl halides is 3. The molecule has 0 saturated heterocycles. The second-order valence-corrected chi connectivity index (χ2v) is 4.30. The fourth-order valence-electron chi connectivity index (χ4n) is 1.47. The summed E-state index contributed by atoms with van der Waals surface area (Å²) in [4.78, 5) is 11.5. The smallest absolute Gasteiger partial charge is 0.406 e. The Morgan fingerprint density at radius 2 is 1.95 bits per heavy atom. The van der Waals surface area contributed by atoms with E-state index in [1.54, 1.807) is 0 Å². The van der Waals surface area contributed by atoms with E-state index in [9.17, 15) is 23.1 Å². The average molecular weight is 306 g/mol. The number of hydrogen-bond donors (Lipinski definition) is 3. The Balaban J connectivity index is 2.39. The number of carbonyl (C=O) groups is 1. The molecular formula is C13H17F3N2O3. The number of hydrogen-bond acceptors (Lipinski definition) is 3. The van der Waals surface area contributed by atoms with Crippen molar-refractivity contribution in [2.24, 2.45) is 0 Å². The van der Waals surface area contributed by atoms with Crippen LogP contribution in [0.15, 0.2) is 24.3 Å². The summed E-state index contributed by atoms with van der Waals surface area (Å²) < 4.78 is 39.6. The van der Waals surface area contributed by atoms with Crippen molar-refractivity contribution in [3.05, 3.63) is 24.3 Å². The number of halogens is 3. The average Bonchev–Trinajstić information content (AvgIpc) is 2.39. The molecule has 1 atom stereocenters. The highest BCUT2D eigenvalue weighted by Crippen LogP contribution is 2.23. The van der Waals surface area contributed by atoms with Crippen molar-refractivity contribution >= 4 is 11.7 Å². The standard InChI is InChI=1S/C13H17F3N2O3/c1-2-10(19)7-8-17-12(20)18-9-3-5-11(6-4-9)21-13(14,15)16/h3-6,10,19H,2,7-8H2,1H3,(H2,17,18,20). The fraction of sp³-hybridized carbons (Fsp3) is 0.462. The minimum Gasteiger partial charge on any atom is -0.406 e. The molecule has 0 saturated carbocycles. The molecule has 0 heterocycles. The molecule has 0 aliphatic carbocycles. The SMILES string of the molecule is CCC(O)CCNC(=O)Nc1ccc(OC(F)(F)F)cc1. The van der Waals surface area contributed by atoms with Crippen molar-refractivity contribution in [1.29, 1.82) is 0 Å². The molecule has 0 radical (unpaired) electrons. The number of aliphatic hydroxyl groups is 1. The number of rotatable bonds is 6. The van der Waals surface area contributed by atoms with Crippen LogP contribution < -0.4 is 15.4 Å². The lowest BCUT2D eigenvalue weighted by Crippen LogP contribution is -2.31. The predicted octanol–water partition coefficient (Wildman–Crippen LogP) is 2.87. The molecule has 3 N–H and O–H groups in total. The van der Waals surface area contributed by atoms with Crippen LogP contribution in [0.1, 0.15) is 19.8 Å². The molecule has 0 aliphatic heterocycles. The first-order valence-corrected chi connectivity index (χ1v) is 6.39. The molecule has 0 bridgehead atoms. The number of amides is 2. The molecular weight excluding hydrogens is 289 g/mol. The minimum atomic E-state index is -4.74. The summed E-state index contributed by atoms with van der Waals surface area (Å²) in [6.45, 7) is 2.13. The van der Waals surface area contributed by atoms with Crippen LogP contribution in [0.3, 0.4) is 0 Å². The van der Waals surface area contributed by atoms with Gasteiger partial charge in [0.15, 0.2) is 0 Å². The monoisotopic (exact) mass is 306 g/mol. The maximum absolute atomic E-state index is 12.0. The lowest BCUT2D eigenvalue weighted by atomic mass is 10.2. The lowest BCUT2D eigenvalue weighted by Gasteiger charge is -2.11. The molecule has 1 aromatic rings. The van der Waals surface area contributed by atoms with Crippen LogP contribution in [0, 0.1) is 0 Å². The van der Waals surface area contributed by atoms with Crippen molar-refractivity contribution < 1.29 is 27.8 Å². The third-order valence-electron chi connectivity index (χ3n) is 2.58. The summed E-state index contributed by atoms with van der Waals surface area (Å²) in [5.74, 6) is -0.362. The van der Waals surface area contributed by atoms with E-state index >= 15 is 0 Å². The van der Waals surface area contributed by atoms with Gasteiger partial charge in [0.05, 0.1) is 6.10 Å². The summed E-state index contributed by atoms with van der Waals surface area (Å²) in [7, 11) is 0. The van der Waals surface area contributed by atoms with E-state index in [1.807, 2.05) is 6.92 Å². The van der Waals surface area contributed by atoms with Crippen molar-refractivity contribution in [1.82, 2.24) is 5.32 Å². The Hall–Kier alpha value is -1.96. The molecule has 1 rings (SSSR count). The second kappa shape index (κ2) is 7.72. The maximum Gasteiger partial charge on any atom is 0.573 e. The Labute approximate surface area is 120 Å². The van der Waals surface area contributed by atoms with E-state index in [4.69, 9.17) is 0 Å². The number of aliphatic hydroxyl groups excluding tert-OH is 1. The zero-order chi connectivity index (χ0) is 15.9. The number of benzene rings is 1. The van der Waals surface area contributed by atoms with Gasteiger partial charge in [0.25, 0.3) is 0 Å². The Bertz CT molecular complexity index is 449. The van der Waals surface area contributed by atoms with Gasteiger partial charge < -0.3 is 20.5 Å². The van der Waals surface area contributed by atoms with E-state index in [2.05, 4.69) is 15.4 Å². The van der Waals surface area contributed by atoms with E-state index in [0.717, 1.165) is 12.1 Å². The lowest BCUT2D eigenvalue weighted by molar-refractivity contribution is -0.274. The van der Waals surface area contributed by atoms with E-state index < -0.39 is 18.5 Å². The maximum atomic E-state index is 12.0. The van der Waals surface area contributed by atoms with Gasteiger partial charge in [-0.05, 0) is 37.1 Å². The van der Waals surface area contributed by atoms with Gasteiger partial charge in [-0.3, -0.25) is 0 Å².